The molecular formula is C13H19N3OS. The van der Waals surface area contributed by atoms with Crippen LogP contribution < -0.4 is 11.1 Å². The van der Waals surface area contributed by atoms with Gasteiger partial charge in [-0.3, -0.25) is 4.79 Å². The highest BCUT2D eigenvalue weighted by Crippen LogP contribution is 2.31. The number of rotatable bonds is 4. The minimum absolute atomic E-state index is 0.123. The number of anilines is 1. The van der Waals surface area contributed by atoms with Gasteiger partial charge in [0.1, 0.15) is 11.1 Å². The van der Waals surface area contributed by atoms with Gasteiger partial charge in [0.05, 0.1) is 11.6 Å². The molecule has 0 bridgehead atoms. The summed E-state index contributed by atoms with van der Waals surface area (Å²) in [7, 11) is 0. The van der Waals surface area contributed by atoms with Crippen LogP contribution >= 0.6 is 11.3 Å². The highest BCUT2D eigenvalue weighted by atomic mass is 32.1. The Kier molecular flexibility index (Phi) is 4.88. The second-order valence-corrected chi connectivity index (χ2v) is 5.72. The number of thiophene rings is 1. The van der Waals surface area contributed by atoms with Gasteiger partial charge in [0.2, 0.25) is 5.91 Å². The SMILES string of the molecule is CC[C@H](C)[C@H](N)C(=O)Nc1sc(C)c(C)c1C#N. The molecule has 3 N–H and O–H groups in total. The van der Waals surface area contributed by atoms with Crippen LogP contribution in [0.1, 0.15) is 36.3 Å². The number of amides is 1. The molecule has 0 saturated carbocycles. The molecule has 1 aromatic heterocycles. The van der Waals surface area contributed by atoms with Crippen molar-refractivity contribution in [3.8, 4) is 6.07 Å². The van der Waals surface area contributed by atoms with E-state index in [0.29, 0.717) is 10.6 Å². The maximum absolute atomic E-state index is 12.0. The summed E-state index contributed by atoms with van der Waals surface area (Å²) in [6.07, 6.45) is 0.849. The number of hydrogen-bond acceptors (Lipinski definition) is 4. The van der Waals surface area contributed by atoms with Gasteiger partial charge in [-0.15, -0.1) is 11.3 Å². The third kappa shape index (κ3) is 2.89. The summed E-state index contributed by atoms with van der Waals surface area (Å²) in [6.45, 7) is 7.76. The van der Waals surface area contributed by atoms with Gasteiger partial charge in [0.25, 0.3) is 0 Å². The molecule has 0 spiro atoms. The number of carbonyl (C=O) groups is 1. The van der Waals surface area contributed by atoms with Gasteiger partial charge >= 0.3 is 0 Å². The normalized spacial score (nSPS) is 13.8. The number of nitrogens with zero attached hydrogens (tertiary/aromatic N) is 1. The maximum Gasteiger partial charge on any atom is 0.242 e. The molecule has 5 heteroatoms. The van der Waals surface area contributed by atoms with Crippen molar-refractivity contribution in [3.63, 3.8) is 0 Å². The topological polar surface area (TPSA) is 78.9 Å². The minimum Gasteiger partial charge on any atom is -0.320 e. The predicted octanol–water partition coefficient (Wildman–Crippen LogP) is 2.55. The Balaban J connectivity index is 2.89. The van der Waals surface area contributed by atoms with E-state index in [2.05, 4.69) is 11.4 Å². The number of nitrogens with one attached hydrogen (secondary N) is 1. The Labute approximate surface area is 112 Å². The van der Waals surface area contributed by atoms with Crippen molar-refractivity contribution in [1.82, 2.24) is 0 Å². The first-order chi connectivity index (χ1) is 8.42. The van der Waals surface area contributed by atoms with Crippen LogP contribution in [0, 0.1) is 31.1 Å². The predicted molar refractivity (Wildman–Crippen MR) is 74.6 cm³/mol. The lowest BCUT2D eigenvalue weighted by molar-refractivity contribution is -0.118. The molecule has 0 aliphatic carbocycles. The van der Waals surface area contributed by atoms with E-state index in [4.69, 9.17) is 11.0 Å². The van der Waals surface area contributed by atoms with Crippen molar-refractivity contribution in [1.29, 1.82) is 5.26 Å². The fourth-order valence-corrected chi connectivity index (χ4v) is 2.57. The second kappa shape index (κ2) is 5.98. The highest BCUT2D eigenvalue weighted by Gasteiger charge is 2.22. The van der Waals surface area contributed by atoms with Crippen LogP contribution in [0.5, 0.6) is 0 Å². The molecule has 1 rings (SSSR count). The van der Waals surface area contributed by atoms with Crippen molar-refractivity contribution in [2.45, 2.75) is 40.2 Å². The van der Waals surface area contributed by atoms with Crippen molar-refractivity contribution in [2.24, 2.45) is 11.7 Å². The lowest BCUT2D eigenvalue weighted by Gasteiger charge is -2.17. The third-order valence-electron chi connectivity index (χ3n) is 3.29. The minimum atomic E-state index is -0.538. The Morgan fingerprint density at radius 1 is 1.56 bits per heavy atom. The van der Waals surface area contributed by atoms with Crippen LogP contribution in [0.25, 0.3) is 0 Å². The number of carbonyl (C=O) groups excluding carboxylic acids is 1. The highest BCUT2D eigenvalue weighted by molar-refractivity contribution is 7.16. The van der Waals surface area contributed by atoms with E-state index in [1.54, 1.807) is 0 Å². The van der Waals surface area contributed by atoms with Gasteiger partial charge in [0.15, 0.2) is 0 Å². The van der Waals surface area contributed by atoms with Crippen LogP contribution in [0.2, 0.25) is 0 Å². The third-order valence-corrected chi connectivity index (χ3v) is 4.42. The average molecular weight is 265 g/mol. The molecule has 0 aliphatic heterocycles. The van der Waals surface area contributed by atoms with Gasteiger partial charge in [0, 0.05) is 4.88 Å². The van der Waals surface area contributed by atoms with Gasteiger partial charge in [-0.05, 0) is 25.3 Å². The second-order valence-electron chi connectivity index (χ2n) is 4.50. The molecule has 0 radical (unpaired) electrons. The summed E-state index contributed by atoms with van der Waals surface area (Å²) in [6, 6.07) is 1.59. The van der Waals surface area contributed by atoms with E-state index >= 15 is 0 Å². The molecule has 98 valence electrons. The zero-order chi connectivity index (χ0) is 13.9. The zero-order valence-corrected chi connectivity index (χ0v) is 12.0. The van der Waals surface area contributed by atoms with E-state index in [1.807, 2.05) is 27.7 Å². The first kappa shape index (κ1) is 14.7. The summed E-state index contributed by atoms with van der Waals surface area (Å²) in [5, 5.41) is 12.5. The van der Waals surface area contributed by atoms with Gasteiger partial charge in [-0.25, -0.2) is 0 Å². The van der Waals surface area contributed by atoms with Crippen molar-refractivity contribution in [2.75, 3.05) is 5.32 Å². The number of hydrogen-bond donors (Lipinski definition) is 2. The van der Waals surface area contributed by atoms with E-state index in [1.165, 1.54) is 11.3 Å². The lowest BCUT2D eigenvalue weighted by atomic mass is 9.99. The molecule has 4 nitrogen and oxygen atoms in total. The fraction of sp³-hybridized carbons (Fsp3) is 0.538. The molecule has 0 aromatic carbocycles. The molecular weight excluding hydrogens is 246 g/mol. The molecule has 0 aliphatic rings. The van der Waals surface area contributed by atoms with E-state index < -0.39 is 6.04 Å². The first-order valence-electron chi connectivity index (χ1n) is 5.98. The van der Waals surface area contributed by atoms with Gasteiger partial charge in [-0.2, -0.15) is 5.26 Å². The maximum atomic E-state index is 12.0. The largest absolute Gasteiger partial charge is 0.320 e. The van der Waals surface area contributed by atoms with E-state index in [9.17, 15) is 4.79 Å². The molecule has 1 heterocycles. The molecule has 18 heavy (non-hydrogen) atoms. The van der Waals surface area contributed by atoms with Crippen LogP contribution in [0.3, 0.4) is 0 Å². The van der Waals surface area contributed by atoms with Crippen LogP contribution in [0.15, 0.2) is 0 Å². The van der Waals surface area contributed by atoms with Gasteiger partial charge in [-0.1, -0.05) is 20.3 Å². The fourth-order valence-electron chi connectivity index (χ4n) is 1.56. The monoisotopic (exact) mass is 265 g/mol. The summed E-state index contributed by atoms with van der Waals surface area (Å²) in [5.74, 6) is -0.0974. The molecule has 2 atom stereocenters. The van der Waals surface area contributed by atoms with Crippen LogP contribution in [-0.2, 0) is 4.79 Å². The summed E-state index contributed by atoms with van der Waals surface area (Å²) in [4.78, 5) is 13.0. The number of nitriles is 1. The van der Waals surface area contributed by atoms with E-state index in [-0.39, 0.29) is 11.8 Å². The number of nitrogens with two attached hydrogens (primary N) is 1. The average Bonchev–Trinajstić information content (AvgIpc) is 2.62. The van der Waals surface area contributed by atoms with Crippen molar-refractivity contribution < 1.29 is 4.79 Å². The first-order valence-corrected chi connectivity index (χ1v) is 6.80. The van der Waals surface area contributed by atoms with E-state index in [0.717, 1.165) is 16.9 Å². The quantitative estimate of drug-likeness (QED) is 0.878. The van der Waals surface area contributed by atoms with Gasteiger partial charge < -0.3 is 11.1 Å². The smallest absolute Gasteiger partial charge is 0.242 e. The van der Waals surface area contributed by atoms with Crippen molar-refractivity contribution in [3.05, 3.63) is 16.0 Å². The summed E-state index contributed by atoms with van der Waals surface area (Å²) < 4.78 is 0. The number of aryl methyl sites for hydroxylation is 1. The molecule has 0 fully saturated rings. The Morgan fingerprint density at radius 3 is 2.67 bits per heavy atom. The van der Waals surface area contributed by atoms with Crippen LogP contribution in [-0.4, -0.2) is 11.9 Å². The van der Waals surface area contributed by atoms with Crippen LogP contribution in [0.4, 0.5) is 5.00 Å². The summed E-state index contributed by atoms with van der Waals surface area (Å²) in [5.41, 5.74) is 7.33. The molecule has 1 amide bonds. The molecule has 1 aromatic rings. The molecule has 0 saturated heterocycles. The standard InChI is InChI=1S/C13H19N3OS/c1-5-7(2)11(15)12(17)16-13-10(6-14)8(3)9(4)18-13/h7,11H,5,15H2,1-4H3,(H,16,17)/t7-,11-/m0/s1. The zero-order valence-electron chi connectivity index (χ0n) is 11.2. The molecule has 0 unspecified atom stereocenters. The Bertz CT molecular complexity index is 487. The van der Waals surface area contributed by atoms with Crippen molar-refractivity contribution >= 4 is 22.2 Å². The Hall–Kier alpha value is -1.38. The summed E-state index contributed by atoms with van der Waals surface area (Å²) >= 11 is 1.42. The Morgan fingerprint density at radius 2 is 2.17 bits per heavy atom. The lowest BCUT2D eigenvalue weighted by Crippen LogP contribution is -2.40.